The van der Waals surface area contributed by atoms with Gasteiger partial charge in [0.1, 0.15) is 16.5 Å². The van der Waals surface area contributed by atoms with Crippen LogP contribution in [0.3, 0.4) is 0 Å². The second-order valence-corrected chi connectivity index (χ2v) is 6.19. The third-order valence-electron chi connectivity index (χ3n) is 3.38. The van der Waals surface area contributed by atoms with Crippen LogP contribution in [0, 0.1) is 5.82 Å². The monoisotopic (exact) mass is 356 g/mol. The first-order valence-electron chi connectivity index (χ1n) is 5.93. The normalized spacial score (nSPS) is 21.5. The quantitative estimate of drug-likeness (QED) is 0.853. The van der Waals surface area contributed by atoms with Crippen LogP contribution in [-0.2, 0) is 12.1 Å². The first-order valence-corrected chi connectivity index (χ1v) is 7.10. The molecule has 1 atom stereocenters. The van der Waals surface area contributed by atoms with E-state index >= 15 is 0 Å². The van der Waals surface area contributed by atoms with E-state index in [1.807, 2.05) is 6.92 Å². The number of rotatable bonds is 1. The van der Waals surface area contributed by atoms with Gasteiger partial charge in [0.2, 0.25) is 0 Å². The molecule has 1 aromatic heterocycles. The molecule has 0 saturated heterocycles. The summed E-state index contributed by atoms with van der Waals surface area (Å²) in [6.45, 7) is 2.21. The maximum atomic E-state index is 14.1. The first-order chi connectivity index (χ1) is 9.40. The number of halogens is 3. The maximum Gasteiger partial charge on any atom is 0.176 e. The molecule has 4 nitrogen and oxygen atoms in total. The lowest BCUT2D eigenvalue weighted by Crippen LogP contribution is -2.37. The van der Waals surface area contributed by atoms with Crippen molar-refractivity contribution in [2.45, 2.75) is 19.0 Å². The maximum absolute atomic E-state index is 14.1. The number of aromatic nitrogens is 2. The van der Waals surface area contributed by atoms with Crippen molar-refractivity contribution in [3.63, 3.8) is 0 Å². The third-order valence-corrected chi connectivity index (χ3v) is 4.17. The number of fused-ring (bicyclic) bond motifs is 1. The summed E-state index contributed by atoms with van der Waals surface area (Å²) >= 11 is 9.45. The number of nitrogens with zero attached hydrogens (tertiary/aromatic N) is 3. The number of imidazole rings is 1. The van der Waals surface area contributed by atoms with Crippen molar-refractivity contribution in [3.05, 3.63) is 51.2 Å². The summed E-state index contributed by atoms with van der Waals surface area (Å²) in [4.78, 5) is 8.54. The molecule has 0 aliphatic carbocycles. The predicted octanol–water partition coefficient (Wildman–Crippen LogP) is 3.07. The molecule has 0 radical (unpaired) electrons. The second kappa shape index (κ2) is 4.56. The summed E-state index contributed by atoms with van der Waals surface area (Å²) in [5.74, 6) is 0.444. The van der Waals surface area contributed by atoms with Crippen molar-refractivity contribution in [2.24, 2.45) is 10.7 Å². The van der Waals surface area contributed by atoms with Crippen LogP contribution in [0.2, 0.25) is 5.15 Å². The van der Waals surface area contributed by atoms with E-state index < -0.39 is 5.54 Å². The molecule has 2 aromatic rings. The van der Waals surface area contributed by atoms with Crippen molar-refractivity contribution in [2.75, 3.05) is 0 Å². The van der Waals surface area contributed by atoms with Gasteiger partial charge in [-0.1, -0.05) is 27.5 Å². The highest BCUT2D eigenvalue weighted by molar-refractivity contribution is 9.10. The van der Waals surface area contributed by atoms with Crippen LogP contribution < -0.4 is 5.73 Å². The Morgan fingerprint density at radius 2 is 2.25 bits per heavy atom. The van der Waals surface area contributed by atoms with Gasteiger partial charge in [0.15, 0.2) is 11.7 Å². The molecule has 2 N–H and O–H groups in total. The lowest BCUT2D eigenvalue weighted by Gasteiger charge is -2.31. The number of aliphatic imine (C=N–C) groups is 1. The van der Waals surface area contributed by atoms with Gasteiger partial charge in [0.05, 0.1) is 12.7 Å². The molecule has 0 bridgehead atoms. The Balaban J connectivity index is 2.17. The van der Waals surface area contributed by atoms with Gasteiger partial charge < -0.3 is 10.3 Å². The number of amidine groups is 1. The van der Waals surface area contributed by atoms with Gasteiger partial charge in [-0.05, 0) is 25.1 Å². The fourth-order valence-corrected chi connectivity index (χ4v) is 2.97. The van der Waals surface area contributed by atoms with E-state index in [2.05, 4.69) is 25.9 Å². The molecular formula is C13H11BrClFN4. The van der Waals surface area contributed by atoms with E-state index in [0.29, 0.717) is 23.1 Å². The molecule has 0 fully saturated rings. The van der Waals surface area contributed by atoms with Crippen molar-refractivity contribution in [3.8, 4) is 0 Å². The molecule has 1 aromatic carbocycles. The van der Waals surface area contributed by atoms with Crippen LogP contribution in [0.15, 0.2) is 33.9 Å². The minimum atomic E-state index is -0.824. The van der Waals surface area contributed by atoms with E-state index in [0.717, 1.165) is 4.47 Å². The summed E-state index contributed by atoms with van der Waals surface area (Å²) in [6, 6.07) is 4.76. The minimum absolute atomic E-state index is 0.255. The standard InChI is InChI=1S/C13H11BrClFN4/c1-13(8-4-7(14)2-3-9(8)16)6-20-10(15)5-18-12(20)11(17)19-13/h2-5H,6H2,1H3,(H2,17,19). The zero-order valence-corrected chi connectivity index (χ0v) is 12.9. The van der Waals surface area contributed by atoms with E-state index in [-0.39, 0.29) is 11.7 Å². The molecule has 1 aliphatic rings. The molecule has 1 unspecified atom stereocenters. The Labute approximate surface area is 128 Å². The minimum Gasteiger partial charge on any atom is -0.381 e. The number of hydrogen-bond acceptors (Lipinski definition) is 3. The van der Waals surface area contributed by atoms with Gasteiger partial charge in [0.25, 0.3) is 0 Å². The van der Waals surface area contributed by atoms with Gasteiger partial charge in [0, 0.05) is 10.0 Å². The van der Waals surface area contributed by atoms with Gasteiger partial charge in [-0.25, -0.2) is 9.37 Å². The van der Waals surface area contributed by atoms with Crippen LogP contribution in [0.4, 0.5) is 4.39 Å². The molecule has 104 valence electrons. The fraction of sp³-hybridized carbons (Fsp3) is 0.231. The summed E-state index contributed by atoms with van der Waals surface area (Å²) in [5.41, 5.74) is 5.57. The molecule has 0 amide bonds. The number of benzene rings is 1. The highest BCUT2D eigenvalue weighted by Gasteiger charge is 2.35. The lowest BCUT2D eigenvalue weighted by atomic mass is 9.91. The van der Waals surface area contributed by atoms with Crippen molar-refractivity contribution in [1.82, 2.24) is 9.55 Å². The largest absolute Gasteiger partial charge is 0.381 e. The lowest BCUT2D eigenvalue weighted by molar-refractivity contribution is 0.383. The van der Waals surface area contributed by atoms with Crippen LogP contribution in [0.5, 0.6) is 0 Å². The second-order valence-electron chi connectivity index (χ2n) is 4.89. The molecular weight excluding hydrogens is 347 g/mol. The molecule has 2 heterocycles. The Morgan fingerprint density at radius 3 is 3.00 bits per heavy atom. The molecule has 0 spiro atoms. The summed E-state index contributed by atoms with van der Waals surface area (Å²) in [5, 5.41) is 0.458. The summed E-state index contributed by atoms with van der Waals surface area (Å²) in [6.07, 6.45) is 1.52. The first kappa shape index (κ1) is 13.6. The predicted molar refractivity (Wildman–Crippen MR) is 79.4 cm³/mol. The van der Waals surface area contributed by atoms with E-state index in [1.165, 1.54) is 12.3 Å². The van der Waals surface area contributed by atoms with Crippen LogP contribution in [0.1, 0.15) is 18.3 Å². The Morgan fingerprint density at radius 1 is 1.50 bits per heavy atom. The van der Waals surface area contributed by atoms with Crippen molar-refractivity contribution >= 4 is 33.4 Å². The average molecular weight is 358 g/mol. The van der Waals surface area contributed by atoms with Gasteiger partial charge >= 0.3 is 0 Å². The smallest absolute Gasteiger partial charge is 0.176 e. The number of hydrogen-bond donors (Lipinski definition) is 1. The van der Waals surface area contributed by atoms with E-state index in [4.69, 9.17) is 17.3 Å². The molecule has 0 saturated carbocycles. The zero-order valence-electron chi connectivity index (χ0n) is 10.6. The summed E-state index contributed by atoms with van der Waals surface area (Å²) in [7, 11) is 0. The Bertz CT molecular complexity index is 727. The topological polar surface area (TPSA) is 56.2 Å². The van der Waals surface area contributed by atoms with Gasteiger partial charge in [-0.2, -0.15) is 0 Å². The Hall–Kier alpha value is -1.40. The molecule has 1 aliphatic heterocycles. The van der Waals surface area contributed by atoms with Crippen LogP contribution in [0.25, 0.3) is 0 Å². The number of nitrogens with two attached hydrogens (primary N) is 1. The van der Waals surface area contributed by atoms with Crippen molar-refractivity contribution in [1.29, 1.82) is 0 Å². The highest BCUT2D eigenvalue weighted by atomic mass is 79.9. The summed E-state index contributed by atoms with van der Waals surface area (Å²) < 4.78 is 16.7. The van der Waals surface area contributed by atoms with Gasteiger partial charge in [-0.3, -0.25) is 4.99 Å². The van der Waals surface area contributed by atoms with Crippen LogP contribution in [-0.4, -0.2) is 15.4 Å². The SMILES string of the molecule is CC1(c2cc(Br)ccc2F)Cn2c(Cl)cnc2C(N)=N1. The average Bonchev–Trinajstić information content (AvgIpc) is 2.74. The highest BCUT2D eigenvalue weighted by Crippen LogP contribution is 2.35. The Kier molecular flexibility index (Phi) is 3.10. The fourth-order valence-electron chi connectivity index (χ4n) is 2.42. The molecule has 7 heteroatoms. The van der Waals surface area contributed by atoms with E-state index in [9.17, 15) is 4.39 Å². The molecule has 3 rings (SSSR count). The third kappa shape index (κ3) is 2.03. The van der Waals surface area contributed by atoms with Crippen molar-refractivity contribution < 1.29 is 4.39 Å². The van der Waals surface area contributed by atoms with Gasteiger partial charge in [-0.15, -0.1) is 0 Å². The van der Waals surface area contributed by atoms with Crippen LogP contribution >= 0.6 is 27.5 Å². The van der Waals surface area contributed by atoms with E-state index in [1.54, 1.807) is 16.7 Å². The zero-order chi connectivity index (χ0) is 14.5. The molecule has 20 heavy (non-hydrogen) atoms.